The Morgan fingerprint density at radius 1 is 1.43 bits per heavy atom. The number of benzene rings is 1. The summed E-state index contributed by atoms with van der Waals surface area (Å²) in [6, 6.07) is 6.37. The van der Waals surface area contributed by atoms with Crippen molar-refractivity contribution in [2.75, 3.05) is 6.54 Å². The van der Waals surface area contributed by atoms with Crippen molar-refractivity contribution in [1.29, 1.82) is 0 Å². The van der Waals surface area contributed by atoms with E-state index < -0.39 is 0 Å². The van der Waals surface area contributed by atoms with E-state index in [1.54, 1.807) is 11.3 Å². The van der Waals surface area contributed by atoms with E-state index in [9.17, 15) is 4.79 Å². The summed E-state index contributed by atoms with van der Waals surface area (Å²) in [5.41, 5.74) is 10.8. The fourth-order valence-corrected chi connectivity index (χ4v) is 3.63. The number of ketones is 1. The Morgan fingerprint density at radius 2 is 2.22 bits per heavy atom. The highest BCUT2D eigenvalue weighted by molar-refractivity contribution is 7.18. The molecule has 0 unspecified atom stereocenters. The molecule has 0 aliphatic carbocycles. The van der Waals surface area contributed by atoms with E-state index in [-0.39, 0.29) is 11.7 Å². The second-order valence-electron chi connectivity index (χ2n) is 6.07. The summed E-state index contributed by atoms with van der Waals surface area (Å²) in [5.74, 6) is 0.722. The Hall–Kier alpha value is -1.91. The lowest BCUT2D eigenvalue weighted by molar-refractivity contribution is -0.119. The van der Waals surface area contributed by atoms with Gasteiger partial charge in [0.05, 0.1) is 15.2 Å². The minimum atomic E-state index is 0.0310. The first kappa shape index (κ1) is 17.4. The SMILES string of the molecule is CCC(=O)C[C@H](CN=[N+]=[N-])Cc1nc2ccc(C(C)C)cc2s1. The second-order valence-corrected chi connectivity index (χ2v) is 7.18. The van der Waals surface area contributed by atoms with Crippen molar-refractivity contribution in [1.82, 2.24) is 4.98 Å². The van der Waals surface area contributed by atoms with E-state index >= 15 is 0 Å². The molecule has 2 aromatic rings. The van der Waals surface area contributed by atoms with Crippen molar-refractivity contribution in [3.05, 3.63) is 39.2 Å². The Morgan fingerprint density at radius 3 is 2.87 bits per heavy atom. The predicted molar refractivity (Wildman–Crippen MR) is 94.8 cm³/mol. The molecule has 1 aromatic carbocycles. The van der Waals surface area contributed by atoms with Crippen LogP contribution in [0.4, 0.5) is 0 Å². The van der Waals surface area contributed by atoms with E-state index in [1.165, 1.54) is 10.3 Å². The van der Waals surface area contributed by atoms with Crippen molar-refractivity contribution >= 4 is 27.3 Å². The van der Waals surface area contributed by atoms with Crippen molar-refractivity contribution in [2.24, 2.45) is 11.0 Å². The lowest BCUT2D eigenvalue weighted by atomic mass is 9.98. The number of aromatic nitrogens is 1. The van der Waals surface area contributed by atoms with Gasteiger partial charge in [0.1, 0.15) is 5.78 Å². The van der Waals surface area contributed by atoms with E-state index in [1.807, 2.05) is 6.92 Å². The molecular weight excluding hydrogens is 308 g/mol. The molecule has 0 saturated carbocycles. The number of thiazole rings is 1. The van der Waals surface area contributed by atoms with Gasteiger partial charge < -0.3 is 0 Å². The average Bonchev–Trinajstić information content (AvgIpc) is 2.93. The zero-order valence-corrected chi connectivity index (χ0v) is 14.6. The highest BCUT2D eigenvalue weighted by Crippen LogP contribution is 2.28. The van der Waals surface area contributed by atoms with Crippen LogP contribution < -0.4 is 0 Å². The van der Waals surface area contributed by atoms with Crippen molar-refractivity contribution < 1.29 is 4.79 Å². The van der Waals surface area contributed by atoms with Crippen LogP contribution in [0.1, 0.15) is 50.1 Å². The highest BCUT2D eigenvalue weighted by Gasteiger charge is 2.16. The van der Waals surface area contributed by atoms with Crippen LogP contribution in [-0.2, 0) is 11.2 Å². The Kier molecular flexibility index (Phi) is 6.13. The van der Waals surface area contributed by atoms with E-state index in [0.29, 0.717) is 31.7 Å². The average molecular weight is 330 g/mol. The topological polar surface area (TPSA) is 78.7 Å². The molecule has 5 nitrogen and oxygen atoms in total. The van der Waals surface area contributed by atoms with Crippen LogP contribution in [0.15, 0.2) is 23.3 Å². The molecule has 1 aromatic heterocycles. The summed E-state index contributed by atoms with van der Waals surface area (Å²) < 4.78 is 1.18. The third-order valence-electron chi connectivity index (χ3n) is 3.90. The molecule has 0 aliphatic heterocycles. The zero-order valence-electron chi connectivity index (χ0n) is 13.8. The van der Waals surface area contributed by atoms with Gasteiger partial charge in [0.2, 0.25) is 0 Å². The van der Waals surface area contributed by atoms with Gasteiger partial charge in [0, 0.05) is 30.7 Å². The van der Waals surface area contributed by atoms with Gasteiger partial charge in [-0.05, 0) is 35.1 Å². The van der Waals surface area contributed by atoms with Crippen molar-refractivity contribution in [3.63, 3.8) is 0 Å². The molecule has 0 saturated heterocycles. The fourth-order valence-electron chi connectivity index (χ4n) is 2.50. The zero-order chi connectivity index (χ0) is 16.8. The second kappa shape index (κ2) is 8.09. The van der Waals surface area contributed by atoms with Gasteiger partial charge >= 0.3 is 0 Å². The lowest BCUT2D eigenvalue weighted by Gasteiger charge is -2.11. The highest BCUT2D eigenvalue weighted by atomic mass is 32.1. The minimum Gasteiger partial charge on any atom is -0.300 e. The predicted octanol–water partition coefficient (Wildman–Crippen LogP) is 5.26. The van der Waals surface area contributed by atoms with Gasteiger partial charge in [0.15, 0.2) is 0 Å². The van der Waals surface area contributed by atoms with Gasteiger partial charge in [-0.15, -0.1) is 11.3 Å². The molecule has 0 radical (unpaired) electrons. The van der Waals surface area contributed by atoms with Crippen molar-refractivity contribution in [2.45, 2.75) is 46.0 Å². The van der Waals surface area contributed by atoms with Gasteiger partial charge in [-0.1, -0.05) is 32.0 Å². The maximum atomic E-state index is 11.7. The maximum Gasteiger partial charge on any atom is 0.132 e. The lowest BCUT2D eigenvalue weighted by Crippen LogP contribution is -2.13. The monoisotopic (exact) mass is 330 g/mol. The van der Waals surface area contributed by atoms with Crippen LogP contribution in [0.5, 0.6) is 0 Å². The van der Waals surface area contributed by atoms with Gasteiger partial charge in [-0.3, -0.25) is 4.79 Å². The van der Waals surface area contributed by atoms with E-state index in [4.69, 9.17) is 5.53 Å². The number of rotatable bonds is 8. The third-order valence-corrected chi connectivity index (χ3v) is 4.94. The number of azide groups is 1. The van der Waals surface area contributed by atoms with E-state index in [0.717, 1.165) is 10.5 Å². The first-order valence-corrected chi connectivity index (χ1v) is 8.77. The number of nitrogens with zero attached hydrogens (tertiary/aromatic N) is 4. The van der Waals surface area contributed by atoms with Crippen LogP contribution in [-0.4, -0.2) is 17.3 Å². The molecule has 23 heavy (non-hydrogen) atoms. The molecule has 0 spiro atoms. The Bertz CT molecular complexity index is 731. The quantitative estimate of drug-likeness (QED) is 0.376. The molecular formula is C17H22N4OS. The number of carbonyl (C=O) groups excluding carboxylic acids is 1. The number of hydrogen-bond donors (Lipinski definition) is 0. The maximum absolute atomic E-state index is 11.7. The number of hydrogen-bond acceptors (Lipinski definition) is 4. The fraction of sp³-hybridized carbons (Fsp3) is 0.529. The van der Waals surface area contributed by atoms with Crippen LogP contribution in [0.25, 0.3) is 20.7 Å². The van der Waals surface area contributed by atoms with Crippen LogP contribution in [0.2, 0.25) is 0 Å². The largest absolute Gasteiger partial charge is 0.300 e. The summed E-state index contributed by atoms with van der Waals surface area (Å²) in [6.45, 7) is 6.55. The van der Waals surface area contributed by atoms with Crippen LogP contribution >= 0.6 is 11.3 Å². The molecule has 6 heteroatoms. The normalized spacial score (nSPS) is 12.3. The summed E-state index contributed by atoms with van der Waals surface area (Å²) >= 11 is 1.67. The van der Waals surface area contributed by atoms with Gasteiger partial charge in [-0.25, -0.2) is 4.98 Å². The standard InChI is InChI=1S/C17H22N4OS/c1-4-14(22)7-12(10-19-21-18)8-17-20-15-6-5-13(11(2)3)9-16(15)23-17/h5-6,9,11-12H,4,7-8,10H2,1-3H3/t12-/m0/s1. The number of Topliss-reactive ketones (excluding diaryl/α,β-unsaturated/α-hetero) is 1. The number of fused-ring (bicyclic) bond motifs is 1. The van der Waals surface area contributed by atoms with Gasteiger partial charge in [-0.2, -0.15) is 0 Å². The smallest absolute Gasteiger partial charge is 0.132 e. The molecule has 122 valence electrons. The van der Waals surface area contributed by atoms with Gasteiger partial charge in [0.25, 0.3) is 0 Å². The number of carbonyl (C=O) groups is 1. The third kappa shape index (κ3) is 4.78. The molecule has 0 bridgehead atoms. The molecule has 0 amide bonds. The minimum absolute atomic E-state index is 0.0310. The first-order valence-electron chi connectivity index (χ1n) is 7.95. The van der Waals surface area contributed by atoms with Crippen LogP contribution in [0.3, 0.4) is 0 Å². The summed E-state index contributed by atoms with van der Waals surface area (Å²) in [5, 5.41) is 4.65. The Labute approximate surface area is 140 Å². The van der Waals surface area contributed by atoms with Crippen molar-refractivity contribution in [3.8, 4) is 0 Å². The molecule has 0 aliphatic rings. The summed E-state index contributed by atoms with van der Waals surface area (Å²) in [4.78, 5) is 19.2. The molecule has 1 heterocycles. The molecule has 1 atom stereocenters. The molecule has 0 fully saturated rings. The summed E-state index contributed by atoms with van der Waals surface area (Å²) in [6.07, 6.45) is 1.65. The Balaban J connectivity index is 2.19. The first-order chi connectivity index (χ1) is 11.0. The van der Waals surface area contributed by atoms with Crippen LogP contribution in [0, 0.1) is 5.92 Å². The molecule has 2 rings (SSSR count). The molecule has 0 N–H and O–H groups in total. The van der Waals surface area contributed by atoms with E-state index in [2.05, 4.69) is 47.1 Å². The summed E-state index contributed by atoms with van der Waals surface area (Å²) in [7, 11) is 0.